The van der Waals surface area contributed by atoms with E-state index < -0.39 is 0 Å². The third kappa shape index (κ3) is 1.61. The van der Waals surface area contributed by atoms with Crippen LogP contribution >= 0.6 is 0 Å². The van der Waals surface area contributed by atoms with Gasteiger partial charge in [-0.25, -0.2) is 0 Å². The van der Waals surface area contributed by atoms with Crippen molar-refractivity contribution in [2.75, 3.05) is 5.73 Å². The molecule has 0 aliphatic heterocycles. The van der Waals surface area contributed by atoms with Crippen LogP contribution in [-0.2, 0) is 0 Å². The van der Waals surface area contributed by atoms with Crippen LogP contribution in [0.15, 0.2) is 29.2 Å². The highest BCUT2D eigenvalue weighted by Gasteiger charge is 2.07. The topological polar surface area (TPSA) is 58.9 Å². The SMILES string of the molecule is CC(C)c1c[nH]c(=O)c2ccc(N)cc12. The second-order valence-electron chi connectivity index (χ2n) is 4.03. The first kappa shape index (κ1) is 9.77. The fourth-order valence-electron chi connectivity index (χ4n) is 1.78. The van der Waals surface area contributed by atoms with E-state index in [1.54, 1.807) is 18.3 Å². The Kier molecular flexibility index (Phi) is 2.23. The van der Waals surface area contributed by atoms with Gasteiger partial charge >= 0.3 is 0 Å². The number of aromatic amines is 1. The van der Waals surface area contributed by atoms with Crippen LogP contribution in [0, 0.1) is 0 Å². The highest BCUT2D eigenvalue weighted by molar-refractivity contribution is 5.87. The second-order valence-corrected chi connectivity index (χ2v) is 4.03. The maximum atomic E-state index is 11.6. The molecule has 0 radical (unpaired) electrons. The predicted molar refractivity (Wildman–Crippen MR) is 63.1 cm³/mol. The number of aromatic nitrogens is 1. The predicted octanol–water partition coefficient (Wildman–Crippen LogP) is 2.23. The normalized spacial score (nSPS) is 11.1. The standard InChI is InChI=1S/C12H14N2O/c1-7(2)11-6-14-12(15)9-4-3-8(13)5-10(9)11/h3-7H,13H2,1-2H3,(H,14,15). The number of fused-ring (bicyclic) bond motifs is 1. The average molecular weight is 202 g/mol. The lowest BCUT2D eigenvalue weighted by Crippen LogP contribution is -2.08. The number of nitrogen functional groups attached to an aromatic ring is 1. The van der Waals surface area contributed by atoms with E-state index in [2.05, 4.69) is 18.8 Å². The average Bonchev–Trinajstić information content (AvgIpc) is 2.17. The largest absolute Gasteiger partial charge is 0.399 e. The van der Waals surface area contributed by atoms with Crippen LogP contribution in [-0.4, -0.2) is 4.98 Å². The zero-order chi connectivity index (χ0) is 11.0. The summed E-state index contributed by atoms with van der Waals surface area (Å²) in [5, 5.41) is 1.66. The first-order chi connectivity index (χ1) is 7.09. The van der Waals surface area contributed by atoms with Crippen LogP contribution in [0.5, 0.6) is 0 Å². The van der Waals surface area contributed by atoms with Gasteiger partial charge in [-0.3, -0.25) is 4.79 Å². The molecule has 0 fully saturated rings. The molecular weight excluding hydrogens is 188 g/mol. The number of rotatable bonds is 1. The Morgan fingerprint density at radius 2 is 2.00 bits per heavy atom. The van der Waals surface area contributed by atoms with Crippen LogP contribution in [0.25, 0.3) is 10.8 Å². The van der Waals surface area contributed by atoms with Crippen molar-refractivity contribution in [3.63, 3.8) is 0 Å². The van der Waals surface area contributed by atoms with Crippen LogP contribution in [0.2, 0.25) is 0 Å². The Labute approximate surface area is 87.9 Å². The van der Waals surface area contributed by atoms with Crippen molar-refractivity contribution in [3.8, 4) is 0 Å². The molecule has 1 aromatic heterocycles. The van der Waals surface area contributed by atoms with Crippen LogP contribution in [0.1, 0.15) is 25.3 Å². The fourth-order valence-corrected chi connectivity index (χ4v) is 1.78. The van der Waals surface area contributed by atoms with E-state index in [0.29, 0.717) is 17.0 Å². The highest BCUT2D eigenvalue weighted by Crippen LogP contribution is 2.23. The van der Waals surface area contributed by atoms with Gasteiger partial charge in [0, 0.05) is 17.3 Å². The minimum atomic E-state index is -0.0607. The third-order valence-electron chi connectivity index (χ3n) is 2.58. The van der Waals surface area contributed by atoms with Gasteiger partial charge in [0.25, 0.3) is 5.56 Å². The van der Waals surface area contributed by atoms with E-state index >= 15 is 0 Å². The van der Waals surface area contributed by atoms with E-state index in [1.807, 2.05) is 6.07 Å². The number of pyridine rings is 1. The van der Waals surface area contributed by atoms with Crippen molar-refractivity contribution in [2.45, 2.75) is 19.8 Å². The molecule has 3 nitrogen and oxygen atoms in total. The lowest BCUT2D eigenvalue weighted by atomic mass is 9.98. The monoisotopic (exact) mass is 202 g/mol. The number of H-pyrrole nitrogens is 1. The van der Waals surface area contributed by atoms with E-state index in [-0.39, 0.29) is 5.56 Å². The summed E-state index contributed by atoms with van der Waals surface area (Å²) in [7, 11) is 0. The molecule has 0 saturated heterocycles. The molecule has 0 amide bonds. The Hall–Kier alpha value is -1.77. The highest BCUT2D eigenvalue weighted by atomic mass is 16.1. The number of hydrogen-bond donors (Lipinski definition) is 2. The first-order valence-corrected chi connectivity index (χ1v) is 5.00. The molecule has 2 aromatic rings. The molecule has 0 bridgehead atoms. The number of anilines is 1. The summed E-state index contributed by atoms with van der Waals surface area (Å²) in [4.78, 5) is 14.3. The van der Waals surface area contributed by atoms with Crippen molar-refractivity contribution < 1.29 is 0 Å². The van der Waals surface area contributed by atoms with Crippen molar-refractivity contribution >= 4 is 16.5 Å². The molecule has 0 saturated carbocycles. The minimum Gasteiger partial charge on any atom is -0.399 e. The lowest BCUT2D eigenvalue weighted by Gasteiger charge is -2.09. The molecule has 1 aromatic carbocycles. The molecule has 3 N–H and O–H groups in total. The summed E-state index contributed by atoms with van der Waals surface area (Å²) in [6, 6.07) is 5.39. The number of benzene rings is 1. The molecular formula is C12H14N2O. The van der Waals surface area contributed by atoms with Crippen molar-refractivity contribution in [3.05, 3.63) is 40.3 Å². The maximum Gasteiger partial charge on any atom is 0.255 e. The van der Waals surface area contributed by atoms with Crippen LogP contribution in [0.3, 0.4) is 0 Å². The molecule has 2 rings (SSSR count). The van der Waals surface area contributed by atoms with E-state index in [4.69, 9.17) is 5.73 Å². The molecule has 1 heterocycles. The van der Waals surface area contributed by atoms with Crippen molar-refractivity contribution in [2.24, 2.45) is 0 Å². The molecule has 3 heteroatoms. The Bertz CT molecular complexity index is 555. The Morgan fingerprint density at radius 3 is 2.67 bits per heavy atom. The van der Waals surface area contributed by atoms with Gasteiger partial charge in [0.1, 0.15) is 0 Å². The Balaban J connectivity index is 2.90. The van der Waals surface area contributed by atoms with E-state index in [1.165, 1.54) is 0 Å². The van der Waals surface area contributed by atoms with Gasteiger partial charge in [-0.2, -0.15) is 0 Å². The van der Waals surface area contributed by atoms with E-state index in [0.717, 1.165) is 10.9 Å². The second kappa shape index (κ2) is 3.42. The van der Waals surface area contributed by atoms with Gasteiger partial charge in [0.05, 0.1) is 0 Å². The van der Waals surface area contributed by atoms with Gasteiger partial charge in [0.15, 0.2) is 0 Å². The smallest absolute Gasteiger partial charge is 0.255 e. The summed E-state index contributed by atoms with van der Waals surface area (Å²) in [5.41, 5.74) is 7.48. The molecule has 78 valence electrons. The maximum absolute atomic E-state index is 11.6. The zero-order valence-corrected chi connectivity index (χ0v) is 8.87. The molecule has 0 spiro atoms. The van der Waals surface area contributed by atoms with Gasteiger partial charge in [-0.15, -0.1) is 0 Å². The summed E-state index contributed by atoms with van der Waals surface area (Å²) >= 11 is 0. The third-order valence-corrected chi connectivity index (χ3v) is 2.58. The summed E-state index contributed by atoms with van der Waals surface area (Å²) < 4.78 is 0. The molecule has 0 aliphatic rings. The molecule has 15 heavy (non-hydrogen) atoms. The number of hydrogen-bond acceptors (Lipinski definition) is 2. The van der Waals surface area contributed by atoms with Gasteiger partial charge in [-0.05, 0) is 35.1 Å². The first-order valence-electron chi connectivity index (χ1n) is 5.00. The molecule has 0 unspecified atom stereocenters. The quantitative estimate of drug-likeness (QED) is 0.697. The minimum absolute atomic E-state index is 0.0607. The van der Waals surface area contributed by atoms with Crippen LogP contribution < -0.4 is 11.3 Å². The summed E-state index contributed by atoms with van der Waals surface area (Å²) in [6.45, 7) is 4.19. The summed E-state index contributed by atoms with van der Waals surface area (Å²) in [6.07, 6.45) is 1.77. The Morgan fingerprint density at radius 1 is 1.27 bits per heavy atom. The lowest BCUT2D eigenvalue weighted by molar-refractivity contribution is 0.867. The van der Waals surface area contributed by atoms with Gasteiger partial charge in [0.2, 0.25) is 0 Å². The van der Waals surface area contributed by atoms with Gasteiger partial charge < -0.3 is 10.7 Å². The van der Waals surface area contributed by atoms with Crippen LogP contribution in [0.4, 0.5) is 5.69 Å². The molecule has 0 aliphatic carbocycles. The molecule has 0 atom stereocenters. The van der Waals surface area contributed by atoms with Crippen molar-refractivity contribution in [1.82, 2.24) is 4.98 Å². The fraction of sp³-hybridized carbons (Fsp3) is 0.250. The van der Waals surface area contributed by atoms with Crippen molar-refractivity contribution in [1.29, 1.82) is 0 Å². The summed E-state index contributed by atoms with van der Waals surface area (Å²) in [5.74, 6) is 0.367. The van der Waals surface area contributed by atoms with Gasteiger partial charge in [-0.1, -0.05) is 13.8 Å². The number of nitrogens with two attached hydrogens (primary N) is 1. The number of nitrogens with one attached hydrogen (secondary N) is 1. The zero-order valence-electron chi connectivity index (χ0n) is 8.87. The van der Waals surface area contributed by atoms with E-state index in [9.17, 15) is 4.79 Å².